The first-order valence-corrected chi connectivity index (χ1v) is 9.69. The molecule has 138 valence electrons. The molecule has 2 N–H and O–H groups in total. The molecule has 0 spiro atoms. The van der Waals surface area contributed by atoms with E-state index in [0.717, 1.165) is 24.2 Å². The summed E-state index contributed by atoms with van der Waals surface area (Å²) in [4.78, 5) is 14.3. The van der Waals surface area contributed by atoms with Crippen molar-refractivity contribution >= 4 is 28.3 Å². The molecule has 2 saturated heterocycles. The van der Waals surface area contributed by atoms with Crippen LogP contribution in [0.25, 0.3) is 0 Å². The number of rotatable bonds is 4. The molecule has 2 fully saturated rings. The molecule has 3 aliphatic rings. The van der Waals surface area contributed by atoms with Crippen LogP contribution in [0.4, 0.5) is 0 Å². The zero-order chi connectivity index (χ0) is 16.7. The van der Waals surface area contributed by atoms with Crippen molar-refractivity contribution < 1.29 is 17.9 Å². The van der Waals surface area contributed by atoms with Crippen LogP contribution in [0.3, 0.4) is 0 Å². The Morgan fingerprint density at radius 3 is 2.60 bits per heavy atom. The van der Waals surface area contributed by atoms with Crippen molar-refractivity contribution in [2.75, 3.05) is 32.7 Å². The molecule has 1 aromatic rings. The summed E-state index contributed by atoms with van der Waals surface area (Å²) in [5.41, 5.74) is 1.91. The van der Waals surface area contributed by atoms with Crippen molar-refractivity contribution in [3.8, 4) is 0 Å². The minimum absolute atomic E-state index is 0. The van der Waals surface area contributed by atoms with E-state index in [1.807, 2.05) is 0 Å². The molecule has 3 aliphatic heterocycles. The highest BCUT2D eigenvalue weighted by molar-refractivity contribution is 7.89. The van der Waals surface area contributed by atoms with Gasteiger partial charge in [-0.05, 0) is 35.1 Å². The Morgan fingerprint density at radius 1 is 1.20 bits per heavy atom. The summed E-state index contributed by atoms with van der Waals surface area (Å²) in [6, 6.07) is 4.96. The number of amides is 1. The summed E-state index contributed by atoms with van der Waals surface area (Å²) < 4.78 is 32.6. The van der Waals surface area contributed by atoms with Gasteiger partial charge in [-0.2, -0.15) is 0 Å². The molecule has 7 nitrogen and oxygen atoms in total. The third-order valence-electron chi connectivity index (χ3n) is 5.16. The van der Waals surface area contributed by atoms with Crippen molar-refractivity contribution in [1.82, 2.24) is 14.9 Å². The lowest BCUT2D eigenvalue weighted by molar-refractivity contribution is -0.129. The molecule has 2 atom stereocenters. The summed E-state index contributed by atoms with van der Waals surface area (Å²) in [6.45, 7) is 4.08. The Hall–Kier alpha value is -1.19. The average molecular weight is 388 g/mol. The van der Waals surface area contributed by atoms with Crippen LogP contribution in [-0.2, 0) is 32.8 Å². The molecule has 0 saturated carbocycles. The largest absolute Gasteiger partial charge is 0.372 e. The number of carbonyl (C=O) groups excluding carboxylic acids is 1. The third kappa shape index (κ3) is 3.68. The zero-order valence-electron chi connectivity index (χ0n) is 13.7. The van der Waals surface area contributed by atoms with Gasteiger partial charge in [-0.15, -0.1) is 12.4 Å². The monoisotopic (exact) mass is 387 g/mol. The van der Waals surface area contributed by atoms with Crippen LogP contribution in [-0.4, -0.2) is 51.9 Å². The maximum absolute atomic E-state index is 12.4. The second kappa shape index (κ2) is 7.20. The Bertz CT molecular complexity index is 759. The smallest absolute Gasteiger partial charge is 0.241 e. The highest BCUT2D eigenvalue weighted by Crippen LogP contribution is 2.26. The molecule has 4 rings (SSSR count). The molecule has 0 unspecified atom stereocenters. The zero-order valence-corrected chi connectivity index (χ0v) is 15.4. The Labute approximate surface area is 153 Å². The summed E-state index contributed by atoms with van der Waals surface area (Å²) in [5.74, 6) is 0.849. The predicted octanol–water partition coefficient (Wildman–Crippen LogP) is 0.0947. The van der Waals surface area contributed by atoms with Crippen molar-refractivity contribution in [2.45, 2.75) is 18.1 Å². The first-order valence-electron chi connectivity index (χ1n) is 8.20. The van der Waals surface area contributed by atoms with Gasteiger partial charge in [0, 0.05) is 26.2 Å². The molecule has 1 aromatic carbocycles. The van der Waals surface area contributed by atoms with Crippen LogP contribution in [0.5, 0.6) is 0 Å². The topological polar surface area (TPSA) is 87.7 Å². The summed E-state index contributed by atoms with van der Waals surface area (Å²) in [5, 5.41) is 3.32. The second-order valence-electron chi connectivity index (χ2n) is 6.72. The number of carbonyl (C=O) groups is 1. The van der Waals surface area contributed by atoms with Gasteiger partial charge < -0.3 is 15.0 Å². The third-order valence-corrected chi connectivity index (χ3v) is 6.56. The highest BCUT2D eigenvalue weighted by Gasteiger charge is 2.38. The van der Waals surface area contributed by atoms with Crippen LogP contribution in [0.2, 0.25) is 0 Å². The quantitative estimate of drug-likeness (QED) is 0.764. The Morgan fingerprint density at radius 2 is 1.88 bits per heavy atom. The van der Waals surface area contributed by atoms with Crippen molar-refractivity contribution in [3.63, 3.8) is 0 Å². The van der Waals surface area contributed by atoms with E-state index in [2.05, 4.69) is 10.0 Å². The number of nitrogens with one attached hydrogen (secondary N) is 2. The van der Waals surface area contributed by atoms with Crippen molar-refractivity contribution in [1.29, 1.82) is 0 Å². The number of halogens is 1. The van der Waals surface area contributed by atoms with E-state index in [-0.39, 0.29) is 29.8 Å². The van der Waals surface area contributed by atoms with E-state index >= 15 is 0 Å². The lowest BCUT2D eigenvalue weighted by atomic mass is 10.0. The molecular weight excluding hydrogens is 366 g/mol. The lowest BCUT2D eigenvalue weighted by Gasteiger charge is -2.18. The van der Waals surface area contributed by atoms with Gasteiger partial charge in [0.2, 0.25) is 15.9 Å². The molecule has 1 amide bonds. The van der Waals surface area contributed by atoms with Crippen LogP contribution >= 0.6 is 12.4 Å². The van der Waals surface area contributed by atoms with Gasteiger partial charge >= 0.3 is 0 Å². The SMILES string of the molecule is Cl.O=C(CNS(=O)(=O)c1ccc2c(c1)COC2)N1C[C@H]2CNC[C@H]2C1. The molecule has 25 heavy (non-hydrogen) atoms. The first kappa shape index (κ1) is 18.6. The summed E-state index contributed by atoms with van der Waals surface area (Å²) in [6.07, 6.45) is 0. The molecule has 3 heterocycles. The lowest BCUT2D eigenvalue weighted by Crippen LogP contribution is -2.40. The van der Waals surface area contributed by atoms with Gasteiger partial charge in [0.05, 0.1) is 24.7 Å². The first-order chi connectivity index (χ1) is 11.5. The van der Waals surface area contributed by atoms with Crippen molar-refractivity contribution in [2.24, 2.45) is 11.8 Å². The maximum atomic E-state index is 12.4. The Kier molecular flexibility index (Phi) is 5.36. The highest BCUT2D eigenvalue weighted by atomic mass is 35.5. The van der Waals surface area contributed by atoms with Gasteiger partial charge in [-0.25, -0.2) is 13.1 Å². The average Bonchev–Trinajstić information content (AvgIpc) is 3.26. The van der Waals surface area contributed by atoms with Gasteiger partial charge in [0.15, 0.2) is 0 Å². The fraction of sp³-hybridized carbons (Fsp3) is 0.562. The van der Waals surface area contributed by atoms with Crippen LogP contribution in [0.1, 0.15) is 11.1 Å². The number of benzene rings is 1. The molecule has 0 aromatic heterocycles. The fourth-order valence-corrected chi connectivity index (χ4v) is 4.75. The number of hydrogen-bond donors (Lipinski definition) is 2. The van der Waals surface area contributed by atoms with E-state index in [1.165, 1.54) is 0 Å². The number of ether oxygens (including phenoxy) is 1. The maximum Gasteiger partial charge on any atom is 0.241 e. The van der Waals surface area contributed by atoms with Crippen LogP contribution < -0.4 is 10.0 Å². The van der Waals surface area contributed by atoms with Crippen LogP contribution in [0, 0.1) is 11.8 Å². The van der Waals surface area contributed by atoms with E-state index < -0.39 is 10.0 Å². The molecule has 9 heteroatoms. The van der Waals surface area contributed by atoms with E-state index in [9.17, 15) is 13.2 Å². The fourth-order valence-electron chi connectivity index (χ4n) is 3.73. The molecule has 0 bridgehead atoms. The number of hydrogen-bond acceptors (Lipinski definition) is 5. The van der Waals surface area contributed by atoms with Crippen molar-refractivity contribution in [3.05, 3.63) is 29.3 Å². The molecule has 0 aliphatic carbocycles. The predicted molar refractivity (Wildman–Crippen MR) is 93.8 cm³/mol. The number of likely N-dealkylation sites (tertiary alicyclic amines) is 1. The minimum atomic E-state index is -3.69. The number of fused-ring (bicyclic) bond motifs is 2. The van der Waals surface area contributed by atoms with Crippen LogP contribution in [0.15, 0.2) is 23.1 Å². The Balaban J connectivity index is 0.00000182. The molecular formula is C16H22ClN3O4S. The van der Waals surface area contributed by atoms with Gasteiger partial charge in [0.1, 0.15) is 0 Å². The second-order valence-corrected chi connectivity index (χ2v) is 8.49. The number of nitrogens with zero attached hydrogens (tertiary/aromatic N) is 1. The summed E-state index contributed by atoms with van der Waals surface area (Å²) >= 11 is 0. The van der Waals surface area contributed by atoms with E-state index in [1.54, 1.807) is 23.1 Å². The molecule has 0 radical (unpaired) electrons. The normalized spacial score (nSPS) is 24.7. The van der Waals surface area contributed by atoms with E-state index in [4.69, 9.17) is 4.74 Å². The summed E-state index contributed by atoms with van der Waals surface area (Å²) in [7, 11) is -3.69. The minimum Gasteiger partial charge on any atom is -0.372 e. The number of sulfonamides is 1. The van der Waals surface area contributed by atoms with E-state index in [0.29, 0.717) is 38.1 Å². The van der Waals surface area contributed by atoms with Gasteiger partial charge in [-0.1, -0.05) is 6.07 Å². The van der Waals surface area contributed by atoms with Gasteiger partial charge in [-0.3, -0.25) is 4.79 Å². The van der Waals surface area contributed by atoms with Gasteiger partial charge in [0.25, 0.3) is 0 Å². The standard InChI is InChI=1S/C16H21N3O4S.ClH/c20-16(19-7-13-4-17-5-14(13)8-19)6-18-24(21,22)15-2-1-11-9-23-10-12(11)3-15;/h1-3,13-14,17-18H,4-10H2;1H/t13-,14+;.